The van der Waals surface area contributed by atoms with Crippen molar-refractivity contribution < 1.29 is 9.59 Å². The molecule has 2 aliphatic rings. The van der Waals surface area contributed by atoms with E-state index >= 15 is 0 Å². The minimum absolute atomic E-state index is 0.0715. The number of amides is 3. The molecular weight excluding hydrogens is 290 g/mol. The van der Waals surface area contributed by atoms with E-state index in [0.717, 1.165) is 31.6 Å². The summed E-state index contributed by atoms with van der Waals surface area (Å²) in [5.74, 6) is 0.690. The SMILES string of the molecule is CC1CCC(NC(=O)Nc2cccc(C(=O)NC3CC3)c2)CC1. The molecule has 5 heteroatoms. The molecule has 3 amide bonds. The van der Waals surface area contributed by atoms with Crippen LogP contribution in [0.25, 0.3) is 0 Å². The quantitative estimate of drug-likeness (QED) is 0.798. The van der Waals surface area contributed by atoms with Crippen LogP contribution < -0.4 is 16.0 Å². The van der Waals surface area contributed by atoms with Gasteiger partial charge in [-0.1, -0.05) is 13.0 Å². The van der Waals surface area contributed by atoms with Gasteiger partial charge < -0.3 is 16.0 Å². The number of benzene rings is 1. The number of urea groups is 1. The summed E-state index contributed by atoms with van der Waals surface area (Å²) in [5.41, 5.74) is 1.23. The third-order valence-corrected chi connectivity index (χ3v) is 4.65. The van der Waals surface area contributed by atoms with Gasteiger partial charge in [0.05, 0.1) is 0 Å². The van der Waals surface area contributed by atoms with Crippen LogP contribution in [0.2, 0.25) is 0 Å². The van der Waals surface area contributed by atoms with Gasteiger partial charge in [0, 0.05) is 23.3 Å². The number of hydrogen-bond donors (Lipinski definition) is 3. The van der Waals surface area contributed by atoms with Crippen molar-refractivity contribution in [2.24, 2.45) is 5.92 Å². The van der Waals surface area contributed by atoms with Gasteiger partial charge in [-0.05, 0) is 62.6 Å². The number of anilines is 1. The maximum absolute atomic E-state index is 12.1. The molecule has 0 aromatic heterocycles. The van der Waals surface area contributed by atoms with Gasteiger partial charge in [0.15, 0.2) is 0 Å². The Balaban J connectivity index is 1.52. The van der Waals surface area contributed by atoms with Crippen LogP contribution in [0.3, 0.4) is 0 Å². The van der Waals surface area contributed by atoms with Crippen LogP contribution in [-0.2, 0) is 0 Å². The molecule has 0 bridgehead atoms. The highest BCUT2D eigenvalue weighted by atomic mass is 16.2. The first-order chi connectivity index (χ1) is 11.1. The van der Waals surface area contributed by atoms with E-state index in [4.69, 9.17) is 0 Å². The molecule has 0 saturated heterocycles. The van der Waals surface area contributed by atoms with Gasteiger partial charge in [0.2, 0.25) is 0 Å². The highest BCUT2D eigenvalue weighted by Crippen LogP contribution is 2.23. The lowest BCUT2D eigenvalue weighted by Crippen LogP contribution is -2.40. The summed E-state index contributed by atoms with van der Waals surface area (Å²) in [7, 11) is 0. The van der Waals surface area contributed by atoms with Crippen molar-refractivity contribution in [1.82, 2.24) is 10.6 Å². The largest absolute Gasteiger partial charge is 0.349 e. The minimum atomic E-state index is -0.190. The van der Waals surface area contributed by atoms with Crippen molar-refractivity contribution in [2.45, 2.75) is 57.5 Å². The molecule has 1 aromatic rings. The van der Waals surface area contributed by atoms with Gasteiger partial charge in [0.25, 0.3) is 5.91 Å². The first-order valence-electron chi connectivity index (χ1n) is 8.58. The smallest absolute Gasteiger partial charge is 0.319 e. The van der Waals surface area contributed by atoms with Crippen LogP contribution in [0.15, 0.2) is 24.3 Å². The second-order valence-corrected chi connectivity index (χ2v) is 6.88. The van der Waals surface area contributed by atoms with Crippen LogP contribution in [-0.4, -0.2) is 24.0 Å². The maximum atomic E-state index is 12.1. The predicted octanol–water partition coefficient (Wildman–Crippen LogP) is 3.28. The van der Waals surface area contributed by atoms with Crippen LogP contribution in [0.5, 0.6) is 0 Å². The first kappa shape index (κ1) is 15.8. The zero-order valence-electron chi connectivity index (χ0n) is 13.6. The monoisotopic (exact) mass is 315 g/mol. The average molecular weight is 315 g/mol. The van der Waals surface area contributed by atoms with Crippen molar-refractivity contribution in [2.75, 3.05) is 5.32 Å². The van der Waals surface area contributed by atoms with E-state index in [0.29, 0.717) is 17.3 Å². The fourth-order valence-electron chi connectivity index (χ4n) is 2.99. The van der Waals surface area contributed by atoms with Crippen molar-refractivity contribution in [3.63, 3.8) is 0 Å². The summed E-state index contributed by atoms with van der Waals surface area (Å²) in [6, 6.07) is 7.48. The third kappa shape index (κ3) is 4.71. The Morgan fingerprint density at radius 3 is 2.30 bits per heavy atom. The van der Waals surface area contributed by atoms with Crippen LogP contribution in [0, 0.1) is 5.92 Å². The zero-order chi connectivity index (χ0) is 16.2. The first-order valence-corrected chi connectivity index (χ1v) is 8.58. The molecule has 1 aromatic carbocycles. The van der Waals surface area contributed by atoms with Crippen LogP contribution in [0.1, 0.15) is 55.8 Å². The molecule has 3 rings (SSSR count). The molecule has 0 heterocycles. The van der Waals surface area contributed by atoms with E-state index < -0.39 is 0 Å². The molecule has 124 valence electrons. The Hall–Kier alpha value is -2.04. The van der Waals surface area contributed by atoms with Gasteiger partial charge in [-0.25, -0.2) is 4.79 Å². The molecule has 23 heavy (non-hydrogen) atoms. The van der Waals surface area contributed by atoms with Gasteiger partial charge in [-0.2, -0.15) is 0 Å². The number of nitrogens with one attached hydrogen (secondary N) is 3. The normalized spacial score (nSPS) is 23.9. The molecule has 2 saturated carbocycles. The molecule has 0 aliphatic heterocycles. The van der Waals surface area contributed by atoms with Crippen LogP contribution in [0.4, 0.5) is 10.5 Å². The van der Waals surface area contributed by atoms with Crippen LogP contribution >= 0.6 is 0 Å². The second-order valence-electron chi connectivity index (χ2n) is 6.88. The summed E-state index contributed by atoms with van der Waals surface area (Å²) in [6.07, 6.45) is 6.54. The van der Waals surface area contributed by atoms with E-state index in [-0.39, 0.29) is 18.0 Å². The number of carbonyl (C=O) groups is 2. The Labute approximate surface area is 137 Å². The van der Waals surface area contributed by atoms with Crippen molar-refractivity contribution in [1.29, 1.82) is 0 Å². The Morgan fingerprint density at radius 1 is 0.957 bits per heavy atom. The number of carbonyl (C=O) groups excluding carboxylic acids is 2. The minimum Gasteiger partial charge on any atom is -0.349 e. The molecule has 0 spiro atoms. The van der Waals surface area contributed by atoms with E-state index in [1.54, 1.807) is 24.3 Å². The third-order valence-electron chi connectivity index (χ3n) is 4.65. The van der Waals surface area contributed by atoms with Crippen molar-refractivity contribution in [3.8, 4) is 0 Å². The predicted molar refractivity (Wildman–Crippen MR) is 90.5 cm³/mol. The van der Waals surface area contributed by atoms with Gasteiger partial charge in [0.1, 0.15) is 0 Å². The Morgan fingerprint density at radius 2 is 1.61 bits per heavy atom. The molecule has 2 fully saturated rings. The van der Waals surface area contributed by atoms with Crippen molar-refractivity contribution in [3.05, 3.63) is 29.8 Å². The lowest BCUT2D eigenvalue weighted by Gasteiger charge is -2.26. The molecule has 2 aliphatic carbocycles. The highest BCUT2D eigenvalue weighted by Gasteiger charge is 2.24. The maximum Gasteiger partial charge on any atom is 0.319 e. The van der Waals surface area contributed by atoms with E-state index in [9.17, 15) is 9.59 Å². The lowest BCUT2D eigenvalue weighted by molar-refractivity contribution is 0.0951. The summed E-state index contributed by atoms with van der Waals surface area (Å²) in [4.78, 5) is 24.1. The number of rotatable bonds is 4. The van der Waals surface area contributed by atoms with Crippen molar-refractivity contribution >= 4 is 17.6 Å². The molecule has 5 nitrogen and oxygen atoms in total. The molecule has 3 N–H and O–H groups in total. The summed E-state index contributed by atoms with van der Waals surface area (Å²) < 4.78 is 0. The lowest BCUT2D eigenvalue weighted by atomic mass is 9.87. The fourth-order valence-corrected chi connectivity index (χ4v) is 2.99. The highest BCUT2D eigenvalue weighted by molar-refractivity contribution is 5.97. The second kappa shape index (κ2) is 7.02. The fraction of sp³-hybridized carbons (Fsp3) is 0.556. The Kier molecular flexibility index (Phi) is 4.84. The van der Waals surface area contributed by atoms with Gasteiger partial charge in [-0.3, -0.25) is 4.79 Å². The summed E-state index contributed by atoms with van der Waals surface area (Å²) in [6.45, 7) is 2.26. The molecular formula is C18H25N3O2. The Bertz CT molecular complexity index is 575. The van der Waals surface area contributed by atoms with Gasteiger partial charge >= 0.3 is 6.03 Å². The zero-order valence-corrected chi connectivity index (χ0v) is 13.6. The molecule has 0 atom stereocenters. The number of hydrogen-bond acceptors (Lipinski definition) is 2. The summed E-state index contributed by atoms with van der Waals surface area (Å²) >= 11 is 0. The molecule has 0 unspecified atom stereocenters. The molecule has 0 radical (unpaired) electrons. The van der Waals surface area contributed by atoms with Gasteiger partial charge in [-0.15, -0.1) is 0 Å². The standard InChI is InChI=1S/C18H25N3O2/c1-12-5-7-15(8-6-12)20-18(23)21-16-4-2-3-13(11-16)17(22)19-14-9-10-14/h2-4,11-12,14-15H,5-10H2,1H3,(H,19,22)(H2,20,21,23). The van der Waals surface area contributed by atoms with E-state index in [1.165, 1.54) is 12.8 Å². The van der Waals surface area contributed by atoms with E-state index in [1.807, 2.05) is 0 Å². The topological polar surface area (TPSA) is 70.2 Å². The summed E-state index contributed by atoms with van der Waals surface area (Å²) in [5, 5.41) is 8.82. The average Bonchev–Trinajstić information content (AvgIpc) is 3.34. The van der Waals surface area contributed by atoms with E-state index in [2.05, 4.69) is 22.9 Å².